The lowest BCUT2D eigenvalue weighted by atomic mass is 9.92. The Labute approximate surface area is 276 Å². The van der Waals surface area contributed by atoms with Crippen molar-refractivity contribution in [3.63, 3.8) is 0 Å². The molecule has 0 aromatic heterocycles. The fraction of sp³-hybridized carbons (Fsp3) is 0.389. The van der Waals surface area contributed by atoms with Crippen molar-refractivity contribution in [2.45, 2.75) is 62.3 Å². The third-order valence-electron chi connectivity index (χ3n) is 9.22. The minimum absolute atomic E-state index is 0.0831. The van der Waals surface area contributed by atoms with Gasteiger partial charge in [0.05, 0.1) is 12.1 Å². The van der Waals surface area contributed by atoms with Gasteiger partial charge < -0.3 is 31.5 Å². The van der Waals surface area contributed by atoms with Crippen LogP contribution in [-0.2, 0) is 20.8 Å². The van der Waals surface area contributed by atoms with Crippen LogP contribution in [0.25, 0.3) is 0 Å². The molecule has 2 aliphatic rings. The number of nitrogens with zero attached hydrogens (tertiary/aromatic N) is 1. The van der Waals surface area contributed by atoms with E-state index in [1.807, 2.05) is 91.0 Å². The average Bonchev–Trinajstić information content (AvgIpc) is 3.48. The molecule has 5 N–H and O–H groups in total. The van der Waals surface area contributed by atoms with Gasteiger partial charge in [0.1, 0.15) is 12.1 Å². The summed E-state index contributed by atoms with van der Waals surface area (Å²) in [7, 11) is 3.49. The van der Waals surface area contributed by atoms with Crippen molar-refractivity contribution in [3.8, 4) is 0 Å². The van der Waals surface area contributed by atoms with Crippen molar-refractivity contribution in [1.29, 1.82) is 0 Å². The Morgan fingerprint density at radius 2 is 1.43 bits per heavy atom. The summed E-state index contributed by atoms with van der Waals surface area (Å²) in [4.78, 5) is 44.1. The molecular weight excluding hydrogens is 597 g/mol. The van der Waals surface area contributed by atoms with Crippen LogP contribution in [0.3, 0.4) is 0 Å². The van der Waals surface area contributed by atoms with Gasteiger partial charge >= 0.3 is 0 Å². The SMILES string of the molecule is CNC(=S)NC[C@H]1CC[C@H]2CC[C@@H](C(=O)NC(c3ccccc3)c3ccccc3)N2C(=O)[C@H]1NC(=O)[C@@H](Cc1ccccc1)NC. The molecular formula is C36H44N6O3S. The first-order valence-corrected chi connectivity index (χ1v) is 16.5. The van der Waals surface area contributed by atoms with Gasteiger partial charge in [-0.05, 0) is 68.1 Å². The van der Waals surface area contributed by atoms with E-state index in [0.29, 0.717) is 30.9 Å². The number of nitrogens with one attached hydrogen (secondary N) is 5. The molecule has 9 nitrogen and oxygen atoms in total. The molecule has 0 spiro atoms. The zero-order valence-corrected chi connectivity index (χ0v) is 27.3. The number of amides is 3. The van der Waals surface area contributed by atoms with Gasteiger partial charge in [-0.1, -0.05) is 91.0 Å². The molecule has 10 heteroatoms. The number of hydrogen-bond donors (Lipinski definition) is 5. The first kappa shape index (κ1) is 33.1. The van der Waals surface area contributed by atoms with Crippen LogP contribution >= 0.6 is 12.2 Å². The van der Waals surface area contributed by atoms with Crippen LogP contribution in [0.5, 0.6) is 0 Å². The molecule has 2 saturated heterocycles. The summed E-state index contributed by atoms with van der Waals surface area (Å²) in [6, 6.07) is 27.1. The maximum Gasteiger partial charge on any atom is 0.246 e. The molecule has 0 bridgehead atoms. The lowest BCUT2D eigenvalue weighted by molar-refractivity contribution is -0.143. The highest BCUT2D eigenvalue weighted by Crippen LogP contribution is 2.35. The predicted molar refractivity (Wildman–Crippen MR) is 184 cm³/mol. The van der Waals surface area contributed by atoms with Gasteiger partial charge in [-0.25, -0.2) is 0 Å². The summed E-state index contributed by atoms with van der Waals surface area (Å²) >= 11 is 5.33. The second-order valence-electron chi connectivity index (χ2n) is 12.1. The number of thiocarbonyl (C=S) groups is 1. The predicted octanol–water partition coefficient (Wildman–Crippen LogP) is 3.07. The molecule has 0 unspecified atom stereocenters. The highest BCUT2D eigenvalue weighted by molar-refractivity contribution is 7.80. The van der Waals surface area contributed by atoms with Crippen molar-refractivity contribution in [2.75, 3.05) is 20.6 Å². The van der Waals surface area contributed by atoms with Crippen LogP contribution in [0, 0.1) is 5.92 Å². The zero-order valence-electron chi connectivity index (χ0n) is 26.4. The second-order valence-corrected chi connectivity index (χ2v) is 12.5. The number of carbonyl (C=O) groups is 3. The Hall–Kier alpha value is -4.28. The van der Waals surface area contributed by atoms with Gasteiger partial charge in [0, 0.05) is 25.6 Å². The minimum Gasteiger partial charge on any atom is -0.366 e. The zero-order chi connectivity index (χ0) is 32.5. The third kappa shape index (κ3) is 7.92. The first-order chi connectivity index (χ1) is 22.4. The van der Waals surface area contributed by atoms with Crippen molar-refractivity contribution >= 4 is 35.1 Å². The van der Waals surface area contributed by atoms with Crippen LogP contribution in [-0.4, -0.2) is 72.5 Å². The summed E-state index contributed by atoms with van der Waals surface area (Å²) in [5, 5.41) is 16.1. The molecule has 3 aromatic rings. The van der Waals surface area contributed by atoms with Crippen molar-refractivity contribution < 1.29 is 14.4 Å². The first-order valence-electron chi connectivity index (χ1n) is 16.1. The fourth-order valence-electron chi connectivity index (χ4n) is 6.72. The van der Waals surface area contributed by atoms with Gasteiger partial charge in [0.25, 0.3) is 0 Å². The quantitative estimate of drug-likeness (QED) is 0.205. The van der Waals surface area contributed by atoms with Gasteiger partial charge in [-0.15, -0.1) is 0 Å². The van der Waals surface area contributed by atoms with E-state index in [1.165, 1.54) is 0 Å². The molecule has 2 fully saturated rings. The molecule has 0 aliphatic carbocycles. The number of rotatable bonds is 11. The molecule has 0 saturated carbocycles. The van der Waals surface area contributed by atoms with Crippen molar-refractivity contribution in [3.05, 3.63) is 108 Å². The Kier molecular flexibility index (Phi) is 11.4. The third-order valence-corrected chi connectivity index (χ3v) is 9.57. The lowest BCUT2D eigenvalue weighted by Gasteiger charge is -2.33. The van der Waals surface area contributed by atoms with Gasteiger partial charge in [0.15, 0.2) is 5.11 Å². The summed E-state index contributed by atoms with van der Waals surface area (Å²) in [5.74, 6) is -0.879. The molecule has 3 amide bonds. The van der Waals surface area contributed by atoms with Crippen LogP contribution in [0.15, 0.2) is 91.0 Å². The number of hydrogen-bond acceptors (Lipinski definition) is 5. The number of carbonyl (C=O) groups excluding carboxylic acids is 3. The van der Waals surface area contributed by atoms with E-state index in [0.717, 1.165) is 29.5 Å². The van der Waals surface area contributed by atoms with Crippen molar-refractivity contribution in [1.82, 2.24) is 31.5 Å². The number of benzene rings is 3. The van der Waals surface area contributed by atoms with Crippen LogP contribution < -0.4 is 26.6 Å². The highest BCUT2D eigenvalue weighted by Gasteiger charge is 2.48. The fourth-order valence-corrected chi connectivity index (χ4v) is 6.81. The highest BCUT2D eigenvalue weighted by atomic mass is 32.1. The van der Waals surface area contributed by atoms with E-state index < -0.39 is 18.1 Å². The molecule has 2 aliphatic heterocycles. The monoisotopic (exact) mass is 640 g/mol. The molecule has 46 heavy (non-hydrogen) atoms. The smallest absolute Gasteiger partial charge is 0.246 e. The topological polar surface area (TPSA) is 115 Å². The Morgan fingerprint density at radius 1 is 0.848 bits per heavy atom. The summed E-state index contributed by atoms with van der Waals surface area (Å²) in [6.45, 7) is 0.417. The van der Waals surface area contributed by atoms with Crippen molar-refractivity contribution in [2.24, 2.45) is 5.92 Å². The van der Waals surface area contributed by atoms with E-state index >= 15 is 0 Å². The largest absolute Gasteiger partial charge is 0.366 e. The van der Waals surface area contributed by atoms with Gasteiger partial charge in [-0.2, -0.15) is 0 Å². The number of likely N-dealkylation sites (N-methyl/N-ethyl adjacent to an activating group) is 1. The van der Waals surface area contributed by atoms with Crippen LogP contribution in [0.2, 0.25) is 0 Å². The van der Waals surface area contributed by atoms with Gasteiger partial charge in [0.2, 0.25) is 17.7 Å². The Bertz CT molecular complexity index is 1440. The van der Waals surface area contributed by atoms with Gasteiger partial charge in [-0.3, -0.25) is 14.4 Å². The summed E-state index contributed by atoms with van der Waals surface area (Å²) < 4.78 is 0. The lowest BCUT2D eigenvalue weighted by Crippen LogP contribution is -2.59. The second kappa shape index (κ2) is 15.8. The van der Waals surface area contributed by atoms with E-state index in [9.17, 15) is 14.4 Å². The molecule has 0 radical (unpaired) electrons. The Morgan fingerprint density at radius 3 is 2.02 bits per heavy atom. The molecule has 242 valence electrons. The Balaban J connectivity index is 1.39. The summed E-state index contributed by atoms with van der Waals surface area (Å²) in [6.07, 6.45) is 3.22. The molecule has 5 rings (SSSR count). The van der Waals surface area contributed by atoms with Crippen LogP contribution in [0.4, 0.5) is 0 Å². The number of fused-ring (bicyclic) bond motifs is 1. The molecule has 3 aromatic carbocycles. The van der Waals surface area contributed by atoms with E-state index in [-0.39, 0.29) is 35.7 Å². The van der Waals surface area contributed by atoms with E-state index in [2.05, 4.69) is 26.6 Å². The summed E-state index contributed by atoms with van der Waals surface area (Å²) in [5.41, 5.74) is 2.95. The maximum absolute atomic E-state index is 14.5. The minimum atomic E-state index is -0.816. The van der Waals surface area contributed by atoms with Crippen LogP contribution in [0.1, 0.15) is 48.4 Å². The standard InChI is InChI=1S/C36H44N6O3S/c1-37-29(22-24-12-6-3-7-13-24)33(43)41-32-27(23-39-36(46)38-2)18-19-28-20-21-30(42(28)35(32)45)34(44)40-31(25-14-8-4-9-15-25)26-16-10-5-11-17-26/h3-17,27-32,37H,18-23H2,1-2H3,(H,40,44)(H,41,43)(H2,38,39,46)/t27-,28+,29-,30+,32+/m1/s1. The average molecular weight is 641 g/mol. The molecule has 5 atom stereocenters. The van der Waals surface area contributed by atoms with E-state index in [1.54, 1.807) is 19.0 Å². The van der Waals surface area contributed by atoms with E-state index in [4.69, 9.17) is 12.2 Å². The maximum atomic E-state index is 14.5. The molecule has 2 heterocycles. The normalized spacial score (nSPS) is 21.5.